The standard InChI is InChI=1S/C20H29N3O3.C2HF3O2/c1-22-14-21-18-11-23(20(24)16-4-2-3-5-16)10-17(19(18)22)13-26-12-15-6-8-25-9-7-15;3-2(4,5)1(6)7/h2-3,14-17H,4-13H2,1H3;(H,6,7). The predicted molar refractivity (Wildman–Crippen MR) is 111 cm³/mol. The van der Waals surface area contributed by atoms with E-state index in [0.29, 0.717) is 19.1 Å². The van der Waals surface area contributed by atoms with E-state index in [1.54, 1.807) is 0 Å². The molecule has 2 aliphatic heterocycles. The van der Waals surface area contributed by atoms with Crippen LogP contribution >= 0.6 is 0 Å². The number of ether oxygens (including phenoxy) is 2. The van der Waals surface area contributed by atoms with Gasteiger partial charge in [-0.05, 0) is 31.6 Å². The van der Waals surface area contributed by atoms with Crippen LogP contribution in [0.3, 0.4) is 0 Å². The van der Waals surface area contributed by atoms with Crippen molar-refractivity contribution >= 4 is 11.9 Å². The number of aromatic nitrogens is 2. The van der Waals surface area contributed by atoms with Gasteiger partial charge in [-0.2, -0.15) is 13.2 Å². The summed E-state index contributed by atoms with van der Waals surface area (Å²) in [4.78, 5) is 28.3. The largest absolute Gasteiger partial charge is 0.490 e. The summed E-state index contributed by atoms with van der Waals surface area (Å²) < 4.78 is 45.4. The fourth-order valence-corrected chi connectivity index (χ4v) is 4.40. The minimum Gasteiger partial charge on any atom is -0.475 e. The molecule has 11 heteroatoms. The number of imidazole rings is 1. The normalized spacial score (nSPS) is 21.5. The van der Waals surface area contributed by atoms with Crippen molar-refractivity contribution in [3.63, 3.8) is 0 Å². The number of alkyl halides is 3. The van der Waals surface area contributed by atoms with Gasteiger partial charge in [0.2, 0.25) is 5.91 Å². The van der Waals surface area contributed by atoms with Crippen molar-refractivity contribution in [2.45, 2.75) is 44.3 Å². The number of nitrogens with zero attached hydrogens (tertiary/aromatic N) is 3. The van der Waals surface area contributed by atoms with Crippen LogP contribution in [0.4, 0.5) is 13.2 Å². The third-order valence-electron chi connectivity index (χ3n) is 6.16. The maximum absolute atomic E-state index is 12.9. The van der Waals surface area contributed by atoms with Gasteiger partial charge in [0.1, 0.15) is 0 Å². The molecule has 1 aromatic rings. The van der Waals surface area contributed by atoms with Gasteiger partial charge in [0.05, 0.1) is 25.2 Å². The molecule has 0 spiro atoms. The van der Waals surface area contributed by atoms with Gasteiger partial charge in [0.25, 0.3) is 0 Å². The summed E-state index contributed by atoms with van der Waals surface area (Å²) in [5.41, 5.74) is 2.25. The Bertz CT molecular complexity index is 841. The zero-order chi connectivity index (χ0) is 24.0. The van der Waals surface area contributed by atoms with E-state index in [4.69, 9.17) is 19.4 Å². The van der Waals surface area contributed by atoms with Gasteiger partial charge in [0, 0.05) is 50.9 Å². The minimum absolute atomic E-state index is 0.115. The van der Waals surface area contributed by atoms with Crippen molar-refractivity contribution in [1.82, 2.24) is 14.5 Å². The first kappa shape index (κ1) is 25.2. The van der Waals surface area contributed by atoms with Gasteiger partial charge in [-0.1, -0.05) is 12.2 Å². The van der Waals surface area contributed by atoms with Crippen molar-refractivity contribution in [2.24, 2.45) is 18.9 Å². The number of carbonyl (C=O) groups excluding carboxylic acids is 1. The maximum Gasteiger partial charge on any atom is 0.490 e. The molecule has 1 fully saturated rings. The van der Waals surface area contributed by atoms with E-state index >= 15 is 0 Å². The summed E-state index contributed by atoms with van der Waals surface area (Å²) in [6, 6.07) is 0. The molecule has 0 bridgehead atoms. The van der Waals surface area contributed by atoms with Crippen molar-refractivity contribution < 1.29 is 37.3 Å². The maximum atomic E-state index is 12.9. The molecule has 0 saturated carbocycles. The Morgan fingerprint density at radius 3 is 2.45 bits per heavy atom. The lowest BCUT2D eigenvalue weighted by Crippen LogP contribution is -2.42. The monoisotopic (exact) mass is 473 g/mol. The summed E-state index contributed by atoms with van der Waals surface area (Å²) in [5, 5.41) is 7.12. The quantitative estimate of drug-likeness (QED) is 0.661. The molecule has 1 N–H and O–H groups in total. The second kappa shape index (κ2) is 11.1. The SMILES string of the molecule is Cn1cnc2c1C(COCC1CCOCC1)CN(C(=O)C1CC=CC1)C2.O=C(O)C(F)(F)F. The van der Waals surface area contributed by atoms with Crippen LogP contribution in [-0.2, 0) is 32.7 Å². The van der Waals surface area contributed by atoms with Crippen LogP contribution < -0.4 is 0 Å². The second-order valence-corrected chi connectivity index (χ2v) is 8.64. The Labute approximate surface area is 190 Å². The first-order valence-corrected chi connectivity index (χ1v) is 11.1. The Balaban J connectivity index is 0.000000383. The molecule has 3 heterocycles. The van der Waals surface area contributed by atoms with Crippen molar-refractivity contribution in [2.75, 3.05) is 33.0 Å². The van der Waals surface area contributed by atoms with Gasteiger partial charge in [-0.25, -0.2) is 9.78 Å². The fourth-order valence-electron chi connectivity index (χ4n) is 4.40. The molecule has 8 nitrogen and oxygen atoms in total. The van der Waals surface area contributed by atoms with Crippen LogP contribution in [0.25, 0.3) is 0 Å². The number of hydrogen-bond donors (Lipinski definition) is 1. The highest BCUT2D eigenvalue weighted by molar-refractivity contribution is 5.80. The molecule has 3 aliphatic rings. The average Bonchev–Trinajstić information content (AvgIpc) is 3.44. The molecule has 0 radical (unpaired) electrons. The average molecular weight is 473 g/mol. The Morgan fingerprint density at radius 2 is 1.85 bits per heavy atom. The second-order valence-electron chi connectivity index (χ2n) is 8.64. The molecule has 1 aromatic heterocycles. The predicted octanol–water partition coefficient (Wildman–Crippen LogP) is 2.89. The van der Waals surface area contributed by atoms with Gasteiger partial charge in [-0.3, -0.25) is 4.79 Å². The van der Waals surface area contributed by atoms with E-state index in [1.807, 2.05) is 18.3 Å². The minimum atomic E-state index is -5.08. The number of hydrogen-bond acceptors (Lipinski definition) is 5. The zero-order valence-electron chi connectivity index (χ0n) is 18.6. The van der Waals surface area contributed by atoms with Gasteiger partial charge in [-0.15, -0.1) is 0 Å². The van der Waals surface area contributed by atoms with Gasteiger partial charge >= 0.3 is 12.1 Å². The first-order chi connectivity index (χ1) is 15.7. The van der Waals surface area contributed by atoms with E-state index in [1.165, 1.54) is 5.69 Å². The molecular formula is C22H30F3N3O5. The van der Waals surface area contributed by atoms with Gasteiger partial charge < -0.3 is 24.0 Å². The Morgan fingerprint density at radius 1 is 1.21 bits per heavy atom. The highest BCUT2D eigenvalue weighted by Gasteiger charge is 2.38. The van der Waals surface area contributed by atoms with E-state index in [9.17, 15) is 18.0 Å². The summed E-state index contributed by atoms with van der Waals surface area (Å²) in [7, 11) is 2.04. The molecule has 1 amide bonds. The zero-order valence-corrected chi connectivity index (χ0v) is 18.6. The number of rotatable bonds is 5. The Hall–Kier alpha value is -2.40. The van der Waals surface area contributed by atoms with Crippen molar-refractivity contribution in [1.29, 1.82) is 0 Å². The Kier molecular flexibility index (Phi) is 8.52. The molecule has 184 valence electrons. The molecule has 33 heavy (non-hydrogen) atoms. The van der Waals surface area contributed by atoms with Crippen molar-refractivity contribution in [3.8, 4) is 0 Å². The fraction of sp³-hybridized carbons (Fsp3) is 0.682. The summed E-state index contributed by atoms with van der Waals surface area (Å²) in [5.74, 6) is -1.58. The molecule has 4 rings (SSSR count). The summed E-state index contributed by atoms with van der Waals surface area (Å²) in [6.45, 7) is 4.49. The number of allylic oxidation sites excluding steroid dienone is 2. The summed E-state index contributed by atoms with van der Waals surface area (Å²) >= 11 is 0. The van der Waals surface area contributed by atoms with Crippen LogP contribution in [0.5, 0.6) is 0 Å². The number of halogens is 3. The molecule has 0 aromatic carbocycles. The number of carbonyl (C=O) groups is 2. The third-order valence-corrected chi connectivity index (χ3v) is 6.16. The molecule has 1 unspecified atom stereocenters. The number of aliphatic carboxylic acids is 1. The third kappa shape index (κ3) is 6.80. The highest BCUT2D eigenvalue weighted by atomic mass is 19.4. The van der Waals surface area contributed by atoms with Gasteiger partial charge in [0.15, 0.2) is 0 Å². The number of carboxylic acids is 1. The lowest BCUT2D eigenvalue weighted by Gasteiger charge is -2.34. The van der Waals surface area contributed by atoms with E-state index in [0.717, 1.165) is 57.7 Å². The topological polar surface area (TPSA) is 93.9 Å². The van der Waals surface area contributed by atoms with E-state index in [-0.39, 0.29) is 17.7 Å². The van der Waals surface area contributed by atoms with Crippen LogP contribution in [0.2, 0.25) is 0 Å². The number of amides is 1. The molecular weight excluding hydrogens is 443 g/mol. The number of aryl methyl sites for hydroxylation is 1. The molecule has 1 saturated heterocycles. The number of fused-ring (bicyclic) bond motifs is 1. The van der Waals surface area contributed by atoms with Crippen molar-refractivity contribution in [3.05, 3.63) is 29.9 Å². The first-order valence-electron chi connectivity index (χ1n) is 11.1. The summed E-state index contributed by atoms with van der Waals surface area (Å²) in [6.07, 6.45) is 4.92. The lowest BCUT2D eigenvalue weighted by molar-refractivity contribution is -0.192. The van der Waals surface area contributed by atoms with E-state index in [2.05, 4.69) is 21.7 Å². The van der Waals surface area contributed by atoms with E-state index < -0.39 is 12.1 Å². The smallest absolute Gasteiger partial charge is 0.475 e. The highest BCUT2D eigenvalue weighted by Crippen LogP contribution is 2.31. The van der Waals surface area contributed by atoms with Crippen LogP contribution in [-0.4, -0.2) is 70.6 Å². The number of carboxylic acid groups (broad SMARTS) is 1. The van der Waals surface area contributed by atoms with Crippen LogP contribution in [0.15, 0.2) is 18.5 Å². The van der Waals surface area contributed by atoms with Crippen LogP contribution in [0.1, 0.15) is 43.0 Å². The lowest BCUT2D eigenvalue weighted by atomic mass is 9.96. The van der Waals surface area contributed by atoms with Crippen LogP contribution in [0, 0.1) is 11.8 Å². The molecule has 1 atom stereocenters. The molecule has 1 aliphatic carbocycles.